The second-order valence-corrected chi connectivity index (χ2v) is 7.45. The van der Waals surface area contributed by atoms with Gasteiger partial charge < -0.3 is 10.8 Å². The number of hydrogen-bond acceptors (Lipinski definition) is 10. The fourth-order valence-corrected chi connectivity index (χ4v) is 3.48. The van der Waals surface area contributed by atoms with Crippen LogP contribution in [0, 0.1) is 0 Å². The molecule has 3 aromatic rings. The average molecular weight is 446 g/mol. The van der Waals surface area contributed by atoms with Crippen LogP contribution in [0.15, 0.2) is 27.9 Å². The molecule has 0 spiro atoms. The molecule has 0 radical (unpaired) electrons. The van der Waals surface area contributed by atoms with Crippen molar-refractivity contribution in [2.75, 3.05) is 18.8 Å². The van der Waals surface area contributed by atoms with Gasteiger partial charge in [0.05, 0.1) is 11.9 Å². The summed E-state index contributed by atoms with van der Waals surface area (Å²) in [6.07, 6.45) is 4.61. The van der Waals surface area contributed by atoms with Crippen LogP contribution < -0.4 is 11.2 Å². The number of phenols is 1. The molecule has 0 unspecified atom stereocenters. The number of halogens is 1. The fraction of sp³-hybridized carbons (Fsp3) is 0.333. The number of carbonyl (C=O) groups is 1. The Kier molecular flexibility index (Phi) is 6.09. The van der Waals surface area contributed by atoms with Crippen molar-refractivity contribution in [2.45, 2.75) is 25.8 Å². The molecule has 2 aromatic heterocycles. The molecule has 0 atom stereocenters. The monoisotopic (exact) mass is 445 g/mol. The van der Waals surface area contributed by atoms with E-state index in [4.69, 9.17) is 17.3 Å². The van der Waals surface area contributed by atoms with Gasteiger partial charge in [0.2, 0.25) is 11.6 Å². The van der Waals surface area contributed by atoms with E-state index in [0.29, 0.717) is 22.8 Å². The molecular formula is C18H20ClN9O3. The number of aromatic nitrogens is 5. The average Bonchev–Trinajstić information content (AvgIpc) is 3.37. The van der Waals surface area contributed by atoms with E-state index in [1.807, 2.05) is 0 Å². The molecule has 12 nitrogen and oxygen atoms in total. The van der Waals surface area contributed by atoms with Crippen LogP contribution in [0.4, 0.5) is 5.82 Å². The van der Waals surface area contributed by atoms with Crippen LogP contribution >= 0.6 is 11.6 Å². The lowest BCUT2D eigenvalue weighted by Crippen LogP contribution is -2.31. The SMILES string of the molecule is Nc1nonc1-n1nnc(C(=O)NN=Cc2cc(Cl)ccc2O)c1CN1CCCCC1. The third kappa shape index (κ3) is 4.64. The Hall–Kier alpha value is -3.51. The molecule has 31 heavy (non-hydrogen) atoms. The number of phenolic OH excluding ortho intramolecular Hbond substituents is 1. The number of benzene rings is 1. The summed E-state index contributed by atoms with van der Waals surface area (Å²) in [7, 11) is 0. The second-order valence-electron chi connectivity index (χ2n) is 7.01. The molecule has 3 heterocycles. The lowest BCUT2D eigenvalue weighted by molar-refractivity contribution is 0.0947. The third-order valence-corrected chi connectivity index (χ3v) is 5.09. The van der Waals surface area contributed by atoms with Crippen molar-refractivity contribution in [1.82, 2.24) is 35.6 Å². The minimum Gasteiger partial charge on any atom is -0.507 e. The molecule has 0 bridgehead atoms. The van der Waals surface area contributed by atoms with E-state index in [0.717, 1.165) is 25.9 Å². The summed E-state index contributed by atoms with van der Waals surface area (Å²) in [6, 6.07) is 4.50. The molecule has 1 aliphatic heterocycles. The standard InChI is InChI=1S/C18H20ClN9O3/c19-12-4-5-14(29)11(8-12)9-21-23-18(30)15-13(10-27-6-2-1-3-7-27)28(26-22-15)17-16(20)24-31-25-17/h4-5,8-9,29H,1-3,6-7,10H2,(H2,20,24)(H,23,30). The second kappa shape index (κ2) is 9.10. The van der Waals surface area contributed by atoms with Gasteiger partial charge in [0.1, 0.15) is 5.75 Å². The minimum absolute atomic E-state index is 0.0202. The van der Waals surface area contributed by atoms with Crippen LogP contribution in [0.2, 0.25) is 5.02 Å². The number of carbonyl (C=O) groups excluding carboxylic acids is 1. The Morgan fingerprint density at radius 1 is 1.32 bits per heavy atom. The number of hydrogen-bond donors (Lipinski definition) is 3. The molecule has 4 rings (SSSR count). The van der Waals surface area contributed by atoms with Crippen LogP contribution in [0.5, 0.6) is 5.75 Å². The predicted molar refractivity (Wildman–Crippen MR) is 111 cm³/mol. The van der Waals surface area contributed by atoms with Crippen molar-refractivity contribution in [3.63, 3.8) is 0 Å². The van der Waals surface area contributed by atoms with Crippen LogP contribution in [0.25, 0.3) is 5.82 Å². The smallest absolute Gasteiger partial charge is 0.293 e. The van der Waals surface area contributed by atoms with E-state index in [1.165, 1.54) is 29.4 Å². The normalized spacial score (nSPS) is 14.9. The molecule has 1 aromatic carbocycles. The summed E-state index contributed by atoms with van der Waals surface area (Å²) in [5.74, 6) is -0.406. The summed E-state index contributed by atoms with van der Waals surface area (Å²) in [6.45, 7) is 2.21. The van der Waals surface area contributed by atoms with E-state index < -0.39 is 5.91 Å². The zero-order valence-electron chi connectivity index (χ0n) is 16.4. The van der Waals surface area contributed by atoms with Gasteiger partial charge in [-0.05, 0) is 54.4 Å². The molecule has 0 saturated carbocycles. The number of piperidine rings is 1. The maximum atomic E-state index is 12.8. The van der Waals surface area contributed by atoms with Gasteiger partial charge in [-0.2, -0.15) is 9.78 Å². The predicted octanol–water partition coefficient (Wildman–Crippen LogP) is 1.34. The number of nitrogens with two attached hydrogens (primary N) is 1. The highest BCUT2D eigenvalue weighted by molar-refractivity contribution is 6.30. The number of anilines is 1. The van der Waals surface area contributed by atoms with Crippen molar-refractivity contribution in [1.29, 1.82) is 0 Å². The Balaban J connectivity index is 1.58. The van der Waals surface area contributed by atoms with E-state index >= 15 is 0 Å². The van der Waals surface area contributed by atoms with Crippen molar-refractivity contribution in [3.05, 3.63) is 40.2 Å². The number of likely N-dealkylation sites (tertiary alicyclic amines) is 1. The molecule has 1 aliphatic rings. The Bertz CT molecular complexity index is 1100. The topological polar surface area (TPSA) is 161 Å². The van der Waals surface area contributed by atoms with Gasteiger partial charge in [0.25, 0.3) is 5.91 Å². The van der Waals surface area contributed by atoms with Gasteiger partial charge in [-0.25, -0.2) is 10.1 Å². The molecule has 1 amide bonds. The molecule has 0 aliphatic carbocycles. The van der Waals surface area contributed by atoms with Crippen LogP contribution in [-0.4, -0.2) is 60.5 Å². The summed E-state index contributed by atoms with van der Waals surface area (Å²) in [5, 5.41) is 29.5. The Morgan fingerprint density at radius 3 is 2.87 bits per heavy atom. The van der Waals surface area contributed by atoms with Gasteiger partial charge in [-0.3, -0.25) is 9.69 Å². The largest absolute Gasteiger partial charge is 0.507 e. The highest BCUT2D eigenvalue weighted by Gasteiger charge is 2.26. The lowest BCUT2D eigenvalue weighted by Gasteiger charge is -2.26. The fourth-order valence-electron chi connectivity index (χ4n) is 3.30. The van der Waals surface area contributed by atoms with Gasteiger partial charge >= 0.3 is 0 Å². The lowest BCUT2D eigenvalue weighted by atomic mass is 10.1. The Labute approximate surface area is 181 Å². The summed E-state index contributed by atoms with van der Waals surface area (Å²) in [4.78, 5) is 15.0. The summed E-state index contributed by atoms with van der Waals surface area (Å²) in [5.41, 5.74) is 9.11. The molecular weight excluding hydrogens is 426 g/mol. The van der Waals surface area contributed by atoms with Crippen molar-refractivity contribution in [3.8, 4) is 11.6 Å². The van der Waals surface area contributed by atoms with Gasteiger partial charge in [-0.15, -0.1) is 5.10 Å². The Morgan fingerprint density at radius 2 is 2.13 bits per heavy atom. The summed E-state index contributed by atoms with van der Waals surface area (Å²) >= 11 is 5.92. The third-order valence-electron chi connectivity index (χ3n) is 4.86. The number of nitrogen functional groups attached to an aromatic ring is 1. The molecule has 1 saturated heterocycles. The van der Waals surface area contributed by atoms with Gasteiger partial charge in [0.15, 0.2) is 5.69 Å². The molecule has 1 fully saturated rings. The maximum absolute atomic E-state index is 12.8. The summed E-state index contributed by atoms with van der Waals surface area (Å²) < 4.78 is 6.01. The van der Waals surface area contributed by atoms with Crippen molar-refractivity contribution in [2.24, 2.45) is 5.10 Å². The first-order chi connectivity index (χ1) is 15.0. The van der Waals surface area contributed by atoms with E-state index in [1.54, 1.807) is 6.07 Å². The van der Waals surface area contributed by atoms with E-state index in [-0.39, 0.29) is 23.1 Å². The quantitative estimate of drug-likeness (QED) is 0.375. The number of hydrazone groups is 1. The molecule has 13 heteroatoms. The maximum Gasteiger partial charge on any atom is 0.293 e. The number of aromatic hydroxyl groups is 1. The zero-order valence-corrected chi connectivity index (χ0v) is 17.2. The highest BCUT2D eigenvalue weighted by atomic mass is 35.5. The first-order valence-electron chi connectivity index (χ1n) is 9.60. The molecule has 4 N–H and O–H groups in total. The van der Waals surface area contributed by atoms with E-state index in [2.05, 4.69) is 40.7 Å². The van der Waals surface area contributed by atoms with Crippen molar-refractivity contribution < 1.29 is 14.5 Å². The number of rotatable bonds is 6. The van der Waals surface area contributed by atoms with Crippen LogP contribution in [0.1, 0.15) is 41.0 Å². The zero-order chi connectivity index (χ0) is 21.8. The highest BCUT2D eigenvalue weighted by Crippen LogP contribution is 2.21. The van der Waals surface area contributed by atoms with Crippen LogP contribution in [-0.2, 0) is 6.54 Å². The molecule has 162 valence electrons. The number of nitrogens with one attached hydrogen (secondary N) is 1. The van der Waals surface area contributed by atoms with Gasteiger partial charge in [-0.1, -0.05) is 23.2 Å². The first-order valence-corrected chi connectivity index (χ1v) is 9.98. The number of nitrogens with zero attached hydrogens (tertiary/aromatic N) is 7. The van der Waals surface area contributed by atoms with Gasteiger partial charge in [0, 0.05) is 17.1 Å². The van der Waals surface area contributed by atoms with Crippen molar-refractivity contribution >= 4 is 29.5 Å². The minimum atomic E-state index is -0.578. The first kappa shape index (κ1) is 20.8. The number of amides is 1. The van der Waals surface area contributed by atoms with E-state index in [9.17, 15) is 9.90 Å². The van der Waals surface area contributed by atoms with Crippen LogP contribution in [0.3, 0.4) is 0 Å².